The molecule has 0 radical (unpaired) electrons. The number of aromatic nitrogens is 1. The first-order valence-electron chi connectivity index (χ1n) is 4.51. The second-order valence-electron chi connectivity index (χ2n) is 2.97. The van der Waals surface area contributed by atoms with Crippen molar-refractivity contribution in [2.75, 3.05) is 0 Å². The van der Waals surface area contributed by atoms with Crippen LogP contribution >= 0.6 is 23.1 Å². The van der Waals surface area contributed by atoms with Gasteiger partial charge in [-0.1, -0.05) is 13.8 Å². The molecular formula is C9H16N2S2. The van der Waals surface area contributed by atoms with Crippen LogP contribution in [-0.4, -0.2) is 10.2 Å². The molecule has 0 saturated carbocycles. The Morgan fingerprint density at radius 1 is 1.69 bits per heavy atom. The maximum atomic E-state index is 5.48. The molecule has 0 spiro atoms. The molecule has 1 heterocycles. The minimum absolute atomic E-state index is 0.560. The number of hydrogen-bond donors (Lipinski definition) is 1. The summed E-state index contributed by atoms with van der Waals surface area (Å²) in [6, 6.07) is 0. The SMILES string of the molecule is CCC(C)SCc1nc(CN)cs1. The van der Waals surface area contributed by atoms with E-state index in [1.54, 1.807) is 11.3 Å². The van der Waals surface area contributed by atoms with E-state index < -0.39 is 0 Å². The van der Waals surface area contributed by atoms with Crippen molar-refractivity contribution in [3.63, 3.8) is 0 Å². The fourth-order valence-electron chi connectivity index (χ4n) is 0.840. The summed E-state index contributed by atoms with van der Waals surface area (Å²) < 4.78 is 0. The first kappa shape index (κ1) is 11.0. The molecule has 2 nitrogen and oxygen atoms in total. The lowest BCUT2D eigenvalue weighted by molar-refractivity contribution is 0.904. The Morgan fingerprint density at radius 2 is 2.46 bits per heavy atom. The lowest BCUT2D eigenvalue weighted by Crippen LogP contribution is -1.97. The van der Waals surface area contributed by atoms with Gasteiger partial charge in [0, 0.05) is 22.9 Å². The molecule has 0 aliphatic rings. The van der Waals surface area contributed by atoms with Gasteiger partial charge in [-0.15, -0.1) is 11.3 Å². The van der Waals surface area contributed by atoms with Crippen molar-refractivity contribution in [3.8, 4) is 0 Å². The third-order valence-corrected chi connectivity index (χ3v) is 4.30. The van der Waals surface area contributed by atoms with Crippen molar-refractivity contribution in [3.05, 3.63) is 16.1 Å². The van der Waals surface area contributed by atoms with Crippen molar-refractivity contribution in [1.82, 2.24) is 4.98 Å². The van der Waals surface area contributed by atoms with Crippen LogP contribution in [0.25, 0.3) is 0 Å². The fraction of sp³-hybridized carbons (Fsp3) is 0.667. The van der Waals surface area contributed by atoms with Crippen molar-refractivity contribution in [2.24, 2.45) is 5.73 Å². The van der Waals surface area contributed by atoms with E-state index in [2.05, 4.69) is 18.8 Å². The maximum absolute atomic E-state index is 5.48. The van der Waals surface area contributed by atoms with Crippen LogP contribution in [-0.2, 0) is 12.3 Å². The molecule has 1 rings (SSSR count). The highest BCUT2D eigenvalue weighted by molar-refractivity contribution is 7.99. The minimum Gasteiger partial charge on any atom is -0.325 e. The number of nitrogens with zero attached hydrogens (tertiary/aromatic N) is 1. The highest BCUT2D eigenvalue weighted by Gasteiger charge is 2.03. The van der Waals surface area contributed by atoms with E-state index in [9.17, 15) is 0 Å². The van der Waals surface area contributed by atoms with Gasteiger partial charge >= 0.3 is 0 Å². The molecule has 0 saturated heterocycles. The van der Waals surface area contributed by atoms with Gasteiger partial charge in [0.25, 0.3) is 0 Å². The van der Waals surface area contributed by atoms with Crippen molar-refractivity contribution < 1.29 is 0 Å². The van der Waals surface area contributed by atoms with Gasteiger partial charge in [0.15, 0.2) is 0 Å². The van der Waals surface area contributed by atoms with Gasteiger partial charge in [-0.05, 0) is 6.42 Å². The molecule has 2 N–H and O–H groups in total. The Hall–Kier alpha value is -0.0600. The molecule has 74 valence electrons. The summed E-state index contributed by atoms with van der Waals surface area (Å²) >= 11 is 3.68. The van der Waals surface area contributed by atoms with Crippen LogP contribution in [0.1, 0.15) is 31.0 Å². The van der Waals surface area contributed by atoms with Gasteiger partial charge in [-0.2, -0.15) is 11.8 Å². The van der Waals surface area contributed by atoms with Crippen LogP contribution in [0.15, 0.2) is 5.38 Å². The van der Waals surface area contributed by atoms with E-state index in [1.165, 1.54) is 11.4 Å². The largest absolute Gasteiger partial charge is 0.325 e. The summed E-state index contributed by atoms with van der Waals surface area (Å²) in [4.78, 5) is 4.41. The lowest BCUT2D eigenvalue weighted by Gasteiger charge is -2.05. The Kier molecular flexibility index (Phi) is 4.77. The fourth-order valence-corrected chi connectivity index (χ4v) is 2.63. The summed E-state index contributed by atoms with van der Waals surface area (Å²) in [7, 11) is 0. The van der Waals surface area contributed by atoms with Gasteiger partial charge in [-0.3, -0.25) is 0 Å². The molecule has 0 aliphatic heterocycles. The van der Waals surface area contributed by atoms with Gasteiger partial charge in [0.1, 0.15) is 5.01 Å². The van der Waals surface area contributed by atoms with Gasteiger partial charge < -0.3 is 5.73 Å². The van der Waals surface area contributed by atoms with E-state index in [4.69, 9.17) is 5.73 Å². The number of rotatable bonds is 5. The predicted molar refractivity (Wildman–Crippen MR) is 61.1 cm³/mol. The Morgan fingerprint density at radius 3 is 3.00 bits per heavy atom. The van der Waals surface area contributed by atoms with Gasteiger partial charge in [0.05, 0.1) is 5.69 Å². The first-order valence-corrected chi connectivity index (χ1v) is 6.44. The zero-order valence-electron chi connectivity index (χ0n) is 8.12. The van der Waals surface area contributed by atoms with Gasteiger partial charge in [0.2, 0.25) is 0 Å². The summed E-state index contributed by atoms with van der Waals surface area (Å²) in [6.07, 6.45) is 1.22. The second-order valence-corrected chi connectivity index (χ2v) is 5.34. The Balaban J connectivity index is 2.36. The predicted octanol–water partition coefficient (Wildman–Crippen LogP) is 2.63. The normalized spacial score (nSPS) is 13.2. The molecule has 0 amide bonds. The molecule has 1 atom stereocenters. The van der Waals surface area contributed by atoms with E-state index in [0.717, 1.165) is 16.7 Å². The van der Waals surface area contributed by atoms with E-state index in [1.807, 2.05) is 17.1 Å². The topological polar surface area (TPSA) is 38.9 Å². The van der Waals surface area contributed by atoms with Gasteiger partial charge in [-0.25, -0.2) is 4.98 Å². The molecule has 4 heteroatoms. The zero-order valence-corrected chi connectivity index (χ0v) is 9.75. The molecule has 0 fully saturated rings. The van der Waals surface area contributed by atoms with Crippen molar-refractivity contribution in [2.45, 2.75) is 37.8 Å². The number of thiazole rings is 1. The molecule has 13 heavy (non-hydrogen) atoms. The first-order chi connectivity index (χ1) is 6.26. The standard InChI is InChI=1S/C9H16N2S2/c1-3-7(2)12-6-9-11-8(4-10)5-13-9/h5,7H,3-4,6,10H2,1-2H3. The monoisotopic (exact) mass is 216 g/mol. The summed E-state index contributed by atoms with van der Waals surface area (Å²) in [5.74, 6) is 1.03. The third-order valence-electron chi connectivity index (χ3n) is 1.87. The van der Waals surface area contributed by atoms with E-state index in [0.29, 0.717) is 6.54 Å². The second kappa shape index (κ2) is 5.62. The number of thioether (sulfide) groups is 1. The van der Waals surface area contributed by atoms with Crippen LogP contribution in [0.4, 0.5) is 0 Å². The molecule has 1 unspecified atom stereocenters. The molecule has 0 aromatic carbocycles. The maximum Gasteiger partial charge on any atom is 0.103 e. The minimum atomic E-state index is 0.560. The summed E-state index contributed by atoms with van der Waals surface area (Å²) in [5, 5.41) is 3.97. The van der Waals surface area contributed by atoms with Crippen LogP contribution < -0.4 is 5.73 Å². The third kappa shape index (κ3) is 3.67. The van der Waals surface area contributed by atoms with Crippen LogP contribution in [0.5, 0.6) is 0 Å². The number of hydrogen-bond acceptors (Lipinski definition) is 4. The highest BCUT2D eigenvalue weighted by atomic mass is 32.2. The zero-order chi connectivity index (χ0) is 9.68. The lowest BCUT2D eigenvalue weighted by atomic mass is 10.4. The van der Waals surface area contributed by atoms with E-state index >= 15 is 0 Å². The average molecular weight is 216 g/mol. The van der Waals surface area contributed by atoms with Crippen LogP contribution in [0.3, 0.4) is 0 Å². The molecule has 1 aromatic heterocycles. The Labute approximate surface area is 87.9 Å². The molecule has 0 aliphatic carbocycles. The molecule has 1 aromatic rings. The summed E-state index contributed by atoms with van der Waals surface area (Å²) in [6.45, 7) is 5.03. The van der Waals surface area contributed by atoms with Crippen LogP contribution in [0, 0.1) is 0 Å². The average Bonchev–Trinajstić information content (AvgIpc) is 2.61. The van der Waals surface area contributed by atoms with Crippen molar-refractivity contribution >= 4 is 23.1 Å². The van der Waals surface area contributed by atoms with Crippen LogP contribution in [0.2, 0.25) is 0 Å². The number of nitrogens with two attached hydrogens (primary N) is 1. The smallest absolute Gasteiger partial charge is 0.103 e. The summed E-state index contributed by atoms with van der Waals surface area (Å²) in [5.41, 5.74) is 6.50. The van der Waals surface area contributed by atoms with Crippen molar-refractivity contribution in [1.29, 1.82) is 0 Å². The Bertz CT molecular complexity index is 248. The molecular weight excluding hydrogens is 200 g/mol. The van der Waals surface area contributed by atoms with E-state index in [-0.39, 0.29) is 0 Å². The highest BCUT2D eigenvalue weighted by Crippen LogP contribution is 2.21. The molecule has 0 bridgehead atoms. The quantitative estimate of drug-likeness (QED) is 0.822.